The van der Waals surface area contributed by atoms with Gasteiger partial charge in [-0.2, -0.15) is 0 Å². The van der Waals surface area contributed by atoms with Crippen molar-refractivity contribution >= 4 is 52.3 Å². The van der Waals surface area contributed by atoms with E-state index in [0.29, 0.717) is 45.9 Å². The predicted octanol–water partition coefficient (Wildman–Crippen LogP) is 4.14. The number of nitrogens with zero attached hydrogens (tertiary/aromatic N) is 2. The van der Waals surface area contributed by atoms with E-state index in [1.54, 1.807) is 13.0 Å². The van der Waals surface area contributed by atoms with Crippen molar-refractivity contribution in [2.45, 2.75) is 30.1 Å². The molecule has 1 atom stereocenters. The third kappa shape index (κ3) is 4.95. The quantitative estimate of drug-likeness (QED) is 0.597. The molecule has 1 unspecified atom stereocenters. The standard InChI is InChI=1S/C18H19ClFN3O3S2/c1-10-6-14(12(19)7-13(10)20)21-8-11-2-3-16(24)23(11)4-5-27-18-22-15(9-28-18)17(25)26/h6-7,9,11,21H,2-5,8H2,1H3,(H,25,26). The van der Waals surface area contributed by atoms with Crippen LogP contribution in [0.1, 0.15) is 28.9 Å². The molecule has 0 saturated carbocycles. The summed E-state index contributed by atoms with van der Waals surface area (Å²) in [6.45, 7) is 2.75. The highest BCUT2D eigenvalue weighted by Gasteiger charge is 2.30. The van der Waals surface area contributed by atoms with E-state index in [-0.39, 0.29) is 23.5 Å². The van der Waals surface area contributed by atoms with Crippen LogP contribution in [0.3, 0.4) is 0 Å². The molecule has 2 heterocycles. The molecule has 1 aliphatic heterocycles. The number of benzene rings is 1. The molecule has 0 aliphatic carbocycles. The number of hydrogen-bond donors (Lipinski definition) is 2. The molecule has 0 radical (unpaired) electrons. The van der Waals surface area contributed by atoms with Gasteiger partial charge >= 0.3 is 5.97 Å². The molecule has 3 rings (SSSR count). The fourth-order valence-corrected chi connectivity index (χ4v) is 5.01. The maximum absolute atomic E-state index is 13.5. The number of thiazole rings is 1. The fraction of sp³-hybridized carbons (Fsp3) is 0.389. The largest absolute Gasteiger partial charge is 0.476 e. The van der Waals surface area contributed by atoms with E-state index in [9.17, 15) is 14.0 Å². The molecular weight excluding hydrogens is 425 g/mol. The number of aryl methyl sites for hydroxylation is 1. The Labute approximate surface area is 175 Å². The Bertz CT molecular complexity index is 893. The maximum Gasteiger partial charge on any atom is 0.355 e. The summed E-state index contributed by atoms with van der Waals surface area (Å²) in [5, 5.41) is 14.0. The van der Waals surface area contributed by atoms with Crippen molar-refractivity contribution in [3.8, 4) is 0 Å². The van der Waals surface area contributed by atoms with Crippen LogP contribution in [0.4, 0.5) is 10.1 Å². The van der Waals surface area contributed by atoms with Gasteiger partial charge in [0.05, 0.1) is 10.7 Å². The van der Waals surface area contributed by atoms with Crippen LogP contribution in [-0.2, 0) is 4.79 Å². The number of rotatable bonds is 8. The van der Waals surface area contributed by atoms with Gasteiger partial charge in [0.15, 0.2) is 10.0 Å². The number of carboxylic acids is 1. The molecule has 0 spiro atoms. The van der Waals surface area contributed by atoms with Crippen LogP contribution >= 0.6 is 34.7 Å². The number of aromatic nitrogens is 1. The number of carboxylic acid groups (broad SMARTS) is 1. The lowest BCUT2D eigenvalue weighted by Crippen LogP contribution is -2.39. The van der Waals surface area contributed by atoms with Crippen molar-refractivity contribution in [2.75, 3.05) is 24.2 Å². The van der Waals surface area contributed by atoms with Crippen LogP contribution in [0.25, 0.3) is 0 Å². The number of likely N-dealkylation sites (tertiary alicyclic amines) is 1. The summed E-state index contributed by atoms with van der Waals surface area (Å²) >= 11 is 8.81. The molecule has 28 heavy (non-hydrogen) atoms. The second-order valence-electron chi connectivity index (χ2n) is 6.39. The van der Waals surface area contributed by atoms with Gasteiger partial charge in [-0.25, -0.2) is 14.2 Å². The van der Waals surface area contributed by atoms with Crippen molar-refractivity contribution in [3.63, 3.8) is 0 Å². The van der Waals surface area contributed by atoms with Crippen LogP contribution in [0.2, 0.25) is 5.02 Å². The summed E-state index contributed by atoms with van der Waals surface area (Å²) in [6.07, 6.45) is 1.24. The molecule has 1 saturated heterocycles. The van der Waals surface area contributed by atoms with E-state index in [1.165, 1.54) is 34.5 Å². The first-order chi connectivity index (χ1) is 13.3. The molecule has 150 valence electrons. The monoisotopic (exact) mass is 443 g/mol. The van der Waals surface area contributed by atoms with Gasteiger partial charge in [0.2, 0.25) is 5.91 Å². The number of carbonyl (C=O) groups excluding carboxylic acids is 1. The number of aromatic carboxylic acids is 1. The lowest BCUT2D eigenvalue weighted by Gasteiger charge is -2.25. The van der Waals surface area contributed by atoms with Crippen molar-refractivity contribution < 1.29 is 19.1 Å². The van der Waals surface area contributed by atoms with Gasteiger partial charge in [0.25, 0.3) is 0 Å². The van der Waals surface area contributed by atoms with E-state index >= 15 is 0 Å². The Hall–Kier alpha value is -1.84. The van der Waals surface area contributed by atoms with E-state index in [4.69, 9.17) is 16.7 Å². The first-order valence-electron chi connectivity index (χ1n) is 8.65. The van der Waals surface area contributed by atoms with Gasteiger partial charge in [-0.05, 0) is 31.0 Å². The Balaban J connectivity index is 1.54. The third-order valence-electron chi connectivity index (χ3n) is 4.49. The van der Waals surface area contributed by atoms with Crippen LogP contribution in [0.15, 0.2) is 21.9 Å². The lowest BCUT2D eigenvalue weighted by atomic mass is 10.2. The van der Waals surface area contributed by atoms with Gasteiger partial charge in [0.1, 0.15) is 5.82 Å². The molecular formula is C18H19ClFN3O3S2. The highest BCUT2D eigenvalue weighted by atomic mass is 35.5. The van der Waals surface area contributed by atoms with Crippen molar-refractivity contribution in [2.24, 2.45) is 0 Å². The minimum atomic E-state index is -1.04. The summed E-state index contributed by atoms with van der Waals surface area (Å²) in [4.78, 5) is 29.0. The van der Waals surface area contributed by atoms with E-state index in [1.807, 2.05) is 4.90 Å². The summed E-state index contributed by atoms with van der Waals surface area (Å²) in [5.74, 6) is -0.665. The SMILES string of the molecule is Cc1cc(NCC2CCC(=O)N2CCSc2nc(C(=O)O)cs2)c(Cl)cc1F. The minimum absolute atomic E-state index is 0.0281. The average molecular weight is 444 g/mol. The fourth-order valence-electron chi connectivity index (χ4n) is 2.99. The summed E-state index contributed by atoms with van der Waals surface area (Å²) in [5.41, 5.74) is 1.20. The normalized spacial score (nSPS) is 16.6. The molecule has 2 aromatic rings. The molecule has 1 fully saturated rings. The first-order valence-corrected chi connectivity index (χ1v) is 10.9. The topological polar surface area (TPSA) is 82.5 Å². The van der Waals surface area contributed by atoms with Crippen LogP contribution in [0, 0.1) is 12.7 Å². The number of anilines is 1. The molecule has 0 bridgehead atoms. The summed E-state index contributed by atoms with van der Waals surface area (Å²) < 4.78 is 14.2. The molecule has 1 aromatic heterocycles. The molecule has 1 aliphatic rings. The average Bonchev–Trinajstić information content (AvgIpc) is 3.25. The van der Waals surface area contributed by atoms with Gasteiger partial charge in [-0.15, -0.1) is 11.3 Å². The number of nitrogens with one attached hydrogen (secondary N) is 1. The Morgan fingerprint density at radius 1 is 1.54 bits per heavy atom. The van der Waals surface area contributed by atoms with E-state index < -0.39 is 5.97 Å². The Kier molecular flexibility index (Phi) is 6.79. The van der Waals surface area contributed by atoms with Crippen molar-refractivity contribution in [1.82, 2.24) is 9.88 Å². The van der Waals surface area contributed by atoms with Gasteiger partial charge in [-0.1, -0.05) is 23.4 Å². The molecule has 1 aromatic carbocycles. The van der Waals surface area contributed by atoms with Crippen molar-refractivity contribution in [3.05, 3.63) is 39.6 Å². The second kappa shape index (κ2) is 9.11. The first kappa shape index (κ1) is 20.9. The number of thioether (sulfide) groups is 1. The zero-order valence-electron chi connectivity index (χ0n) is 15.1. The molecule has 1 amide bonds. The minimum Gasteiger partial charge on any atom is -0.476 e. The van der Waals surface area contributed by atoms with Crippen LogP contribution in [0.5, 0.6) is 0 Å². The number of hydrogen-bond acceptors (Lipinski definition) is 6. The van der Waals surface area contributed by atoms with E-state index in [0.717, 1.165) is 6.42 Å². The Morgan fingerprint density at radius 3 is 3.04 bits per heavy atom. The van der Waals surface area contributed by atoms with Gasteiger partial charge in [0, 0.05) is 36.7 Å². The van der Waals surface area contributed by atoms with Gasteiger partial charge in [-0.3, -0.25) is 4.79 Å². The predicted molar refractivity (Wildman–Crippen MR) is 109 cm³/mol. The van der Waals surface area contributed by atoms with Gasteiger partial charge < -0.3 is 15.3 Å². The lowest BCUT2D eigenvalue weighted by molar-refractivity contribution is -0.128. The smallest absolute Gasteiger partial charge is 0.355 e. The number of halogens is 2. The third-order valence-corrected chi connectivity index (χ3v) is 6.80. The zero-order chi connectivity index (χ0) is 20.3. The highest BCUT2D eigenvalue weighted by molar-refractivity contribution is 8.01. The molecule has 10 heteroatoms. The van der Waals surface area contributed by atoms with E-state index in [2.05, 4.69) is 10.3 Å². The highest BCUT2D eigenvalue weighted by Crippen LogP contribution is 2.28. The molecule has 6 nitrogen and oxygen atoms in total. The second-order valence-corrected chi connectivity index (χ2v) is 9.00. The number of amides is 1. The Morgan fingerprint density at radius 2 is 2.32 bits per heavy atom. The summed E-state index contributed by atoms with van der Waals surface area (Å²) in [6, 6.07) is 2.98. The maximum atomic E-state index is 13.5. The van der Waals surface area contributed by atoms with Crippen molar-refractivity contribution in [1.29, 1.82) is 0 Å². The number of carbonyl (C=O) groups is 2. The summed E-state index contributed by atoms with van der Waals surface area (Å²) in [7, 11) is 0. The van der Waals surface area contributed by atoms with Crippen LogP contribution < -0.4 is 5.32 Å². The molecule has 2 N–H and O–H groups in total. The van der Waals surface area contributed by atoms with Crippen LogP contribution in [-0.4, -0.2) is 51.8 Å². The zero-order valence-corrected chi connectivity index (χ0v) is 17.5.